The van der Waals surface area contributed by atoms with Gasteiger partial charge in [0.15, 0.2) is 9.84 Å². The molecule has 1 fully saturated rings. The second kappa shape index (κ2) is 4.10. The summed E-state index contributed by atoms with van der Waals surface area (Å²) in [4.78, 5) is 0.633. The third-order valence-corrected chi connectivity index (χ3v) is 5.65. The number of fused-ring (bicyclic) bond motifs is 1. The highest BCUT2D eigenvalue weighted by atomic mass is 32.2. The molecule has 1 N–H and O–H groups in total. The van der Waals surface area contributed by atoms with Crippen LogP contribution in [0.2, 0.25) is 0 Å². The molecule has 3 rings (SSSR count). The Kier molecular flexibility index (Phi) is 2.71. The lowest BCUT2D eigenvalue weighted by molar-refractivity contribution is 0.586. The highest BCUT2D eigenvalue weighted by Crippen LogP contribution is 2.30. The Morgan fingerprint density at radius 1 is 1.35 bits per heavy atom. The van der Waals surface area contributed by atoms with Gasteiger partial charge in [0.2, 0.25) is 0 Å². The van der Waals surface area contributed by atoms with Gasteiger partial charge in [-0.2, -0.15) is 0 Å². The maximum absolute atomic E-state index is 12.0. The molecular weight excluding hydrogens is 234 g/mol. The van der Waals surface area contributed by atoms with Gasteiger partial charge in [-0.05, 0) is 43.4 Å². The molecule has 0 saturated carbocycles. The Balaban J connectivity index is 1.98. The average Bonchev–Trinajstić information content (AvgIpc) is 2.88. The molecule has 0 aromatic heterocycles. The summed E-state index contributed by atoms with van der Waals surface area (Å²) >= 11 is 0. The summed E-state index contributed by atoms with van der Waals surface area (Å²) in [7, 11) is -3.01. The molecule has 4 heteroatoms. The zero-order valence-corrected chi connectivity index (χ0v) is 10.6. The number of rotatable bonds is 2. The van der Waals surface area contributed by atoms with Crippen molar-refractivity contribution < 1.29 is 8.42 Å². The minimum atomic E-state index is -3.01. The van der Waals surface area contributed by atoms with Gasteiger partial charge in [0.05, 0.1) is 10.6 Å². The molecule has 0 amide bonds. The van der Waals surface area contributed by atoms with Crippen LogP contribution in [-0.4, -0.2) is 26.8 Å². The molecule has 1 aromatic rings. The molecule has 1 saturated heterocycles. The average molecular weight is 251 g/mol. The van der Waals surface area contributed by atoms with E-state index < -0.39 is 9.84 Å². The van der Waals surface area contributed by atoms with E-state index in [9.17, 15) is 8.42 Å². The van der Waals surface area contributed by atoms with Gasteiger partial charge in [-0.25, -0.2) is 8.42 Å². The highest BCUT2D eigenvalue weighted by molar-refractivity contribution is 7.91. The van der Waals surface area contributed by atoms with Gasteiger partial charge in [-0.1, -0.05) is 18.2 Å². The number of aryl methyl sites for hydroxylation is 1. The second-order valence-electron chi connectivity index (χ2n) is 4.97. The maximum atomic E-state index is 12.0. The smallest absolute Gasteiger partial charge is 0.179 e. The van der Waals surface area contributed by atoms with Crippen molar-refractivity contribution in [3.8, 4) is 0 Å². The molecular formula is C13H17NO2S. The van der Waals surface area contributed by atoms with Crippen LogP contribution < -0.4 is 5.32 Å². The van der Waals surface area contributed by atoms with Gasteiger partial charge in [0, 0.05) is 6.04 Å². The molecule has 92 valence electrons. The second-order valence-corrected chi connectivity index (χ2v) is 7.02. The largest absolute Gasteiger partial charge is 0.314 e. The predicted molar refractivity (Wildman–Crippen MR) is 66.9 cm³/mol. The van der Waals surface area contributed by atoms with Crippen LogP contribution in [0, 0.1) is 0 Å². The zero-order chi connectivity index (χ0) is 11.9. The Hall–Kier alpha value is -0.870. The quantitative estimate of drug-likeness (QED) is 0.862. The summed E-state index contributed by atoms with van der Waals surface area (Å²) < 4.78 is 24.1. The molecule has 0 radical (unpaired) electrons. The molecule has 2 aliphatic heterocycles. The van der Waals surface area contributed by atoms with Crippen molar-refractivity contribution in [3.63, 3.8) is 0 Å². The third-order valence-electron chi connectivity index (χ3n) is 3.76. The van der Waals surface area contributed by atoms with E-state index in [1.165, 1.54) is 6.42 Å². The standard InChI is InChI=1S/C13H17NO2S/c15-17(16)8-6-10-3-1-4-11(13(10)17)9-12-5-2-7-14-12/h1,3-4,12,14H,2,5-9H2. The molecule has 17 heavy (non-hydrogen) atoms. The van der Waals surface area contributed by atoms with Crippen molar-refractivity contribution in [3.05, 3.63) is 29.3 Å². The van der Waals surface area contributed by atoms with Gasteiger partial charge in [0.25, 0.3) is 0 Å². The van der Waals surface area contributed by atoms with E-state index in [0.29, 0.717) is 17.4 Å². The SMILES string of the molecule is O=S1(=O)CCc2cccc(CC3CCCN3)c21. The molecule has 1 atom stereocenters. The monoisotopic (exact) mass is 251 g/mol. The molecule has 1 aromatic carbocycles. The lowest BCUT2D eigenvalue weighted by atomic mass is 10.0. The number of hydrogen-bond donors (Lipinski definition) is 1. The first-order chi connectivity index (χ1) is 8.17. The normalized spacial score (nSPS) is 26.0. The van der Waals surface area contributed by atoms with Crippen molar-refractivity contribution >= 4 is 9.84 Å². The van der Waals surface area contributed by atoms with Crippen LogP contribution >= 0.6 is 0 Å². The van der Waals surface area contributed by atoms with Crippen LogP contribution in [0.25, 0.3) is 0 Å². The van der Waals surface area contributed by atoms with Crippen molar-refractivity contribution in [1.82, 2.24) is 5.32 Å². The van der Waals surface area contributed by atoms with Gasteiger partial charge < -0.3 is 5.32 Å². The van der Waals surface area contributed by atoms with Crippen molar-refractivity contribution in [1.29, 1.82) is 0 Å². The summed E-state index contributed by atoms with van der Waals surface area (Å²) in [6.07, 6.45) is 3.89. The van der Waals surface area contributed by atoms with Gasteiger partial charge in [-0.3, -0.25) is 0 Å². The van der Waals surface area contributed by atoms with E-state index in [4.69, 9.17) is 0 Å². The number of benzene rings is 1. The fraction of sp³-hybridized carbons (Fsp3) is 0.538. The van der Waals surface area contributed by atoms with Crippen molar-refractivity contribution in [2.24, 2.45) is 0 Å². The van der Waals surface area contributed by atoms with Gasteiger partial charge >= 0.3 is 0 Å². The topological polar surface area (TPSA) is 46.2 Å². The van der Waals surface area contributed by atoms with Crippen LogP contribution in [0.15, 0.2) is 23.1 Å². The Bertz CT molecular complexity index is 530. The lowest BCUT2D eigenvalue weighted by Crippen LogP contribution is -2.24. The van der Waals surface area contributed by atoms with E-state index in [1.54, 1.807) is 0 Å². The maximum Gasteiger partial charge on any atom is 0.179 e. The van der Waals surface area contributed by atoms with E-state index in [2.05, 4.69) is 5.32 Å². The first kappa shape index (κ1) is 11.2. The summed E-state index contributed by atoms with van der Waals surface area (Å²) in [6.45, 7) is 1.06. The van der Waals surface area contributed by atoms with Crippen LogP contribution in [0.3, 0.4) is 0 Å². The molecule has 0 bridgehead atoms. The van der Waals surface area contributed by atoms with Gasteiger partial charge in [0.1, 0.15) is 0 Å². The van der Waals surface area contributed by atoms with E-state index in [1.807, 2.05) is 18.2 Å². The molecule has 0 aliphatic carbocycles. The highest BCUT2D eigenvalue weighted by Gasteiger charge is 2.29. The number of hydrogen-bond acceptors (Lipinski definition) is 3. The summed E-state index contributed by atoms with van der Waals surface area (Å²) in [5, 5.41) is 3.43. The summed E-state index contributed by atoms with van der Waals surface area (Å²) in [5.41, 5.74) is 2.03. The Morgan fingerprint density at radius 3 is 3.00 bits per heavy atom. The summed E-state index contributed by atoms with van der Waals surface area (Å²) in [5.74, 6) is 0.289. The molecule has 1 unspecified atom stereocenters. The van der Waals surface area contributed by atoms with E-state index >= 15 is 0 Å². The number of nitrogens with one attached hydrogen (secondary N) is 1. The van der Waals surface area contributed by atoms with Crippen LogP contribution in [-0.2, 0) is 22.7 Å². The first-order valence-corrected chi connectivity index (χ1v) is 7.89. The van der Waals surface area contributed by atoms with E-state index in [0.717, 1.165) is 30.5 Å². The Labute approximate surface area is 102 Å². The minimum absolute atomic E-state index is 0.289. The Morgan fingerprint density at radius 2 is 2.24 bits per heavy atom. The van der Waals surface area contributed by atoms with Crippen molar-refractivity contribution in [2.75, 3.05) is 12.3 Å². The van der Waals surface area contributed by atoms with Crippen molar-refractivity contribution in [2.45, 2.75) is 36.6 Å². The van der Waals surface area contributed by atoms with E-state index in [-0.39, 0.29) is 5.75 Å². The zero-order valence-electron chi connectivity index (χ0n) is 9.78. The van der Waals surface area contributed by atoms with Crippen LogP contribution in [0.4, 0.5) is 0 Å². The summed E-state index contributed by atoms with van der Waals surface area (Å²) in [6, 6.07) is 6.37. The van der Waals surface area contributed by atoms with Gasteiger partial charge in [-0.15, -0.1) is 0 Å². The molecule has 0 spiro atoms. The van der Waals surface area contributed by atoms with Crippen LogP contribution in [0.1, 0.15) is 24.0 Å². The molecule has 2 heterocycles. The predicted octanol–water partition coefficient (Wildman–Crippen LogP) is 1.31. The van der Waals surface area contributed by atoms with Crippen LogP contribution in [0.5, 0.6) is 0 Å². The molecule has 3 nitrogen and oxygen atoms in total. The number of sulfone groups is 1. The third kappa shape index (κ3) is 2.00. The minimum Gasteiger partial charge on any atom is -0.314 e. The first-order valence-electron chi connectivity index (χ1n) is 6.24. The lowest BCUT2D eigenvalue weighted by Gasteiger charge is -2.13. The fourth-order valence-corrected chi connectivity index (χ4v) is 4.75. The fourth-order valence-electron chi connectivity index (χ4n) is 2.94. The molecule has 2 aliphatic rings.